The largest absolute Gasteiger partial charge is 0.388 e. The molecule has 128 valence electrons. The van der Waals surface area contributed by atoms with Crippen molar-refractivity contribution in [2.45, 2.75) is 43.7 Å². The molecular weight excluding hydrogens is 312 g/mol. The van der Waals surface area contributed by atoms with E-state index in [0.29, 0.717) is 44.1 Å². The molecule has 2 fully saturated rings. The van der Waals surface area contributed by atoms with Crippen molar-refractivity contribution in [3.8, 4) is 0 Å². The molecule has 1 N–H and O–H groups in total. The van der Waals surface area contributed by atoms with Gasteiger partial charge in [0.15, 0.2) is 0 Å². The Morgan fingerprint density at radius 3 is 2.71 bits per heavy atom. The van der Waals surface area contributed by atoms with Gasteiger partial charge < -0.3 is 15.1 Å². The molecule has 0 radical (unpaired) electrons. The number of aromatic nitrogens is 3. The van der Waals surface area contributed by atoms with Gasteiger partial charge in [-0.05, 0) is 12.8 Å². The highest BCUT2D eigenvalue weighted by Gasteiger charge is 2.45. The summed E-state index contributed by atoms with van der Waals surface area (Å²) >= 11 is 0. The number of rotatable bonds is 3. The zero-order chi connectivity index (χ0) is 16.7. The molecule has 2 aliphatic heterocycles. The first kappa shape index (κ1) is 15.1. The van der Waals surface area contributed by atoms with Crippen LogP contribution >= 0.6 is 0 Å². The van der Waals surface area contributed by atoms with Gasteiger partial charge in [-0.15, -0.1) is 5.10 Å². The van der Waals surface area contributed by atoms with Gasteiger partial charge in [-0.2, -0.15) is 0 Å². The zero-order valence-corrected chi connectivity index (χ0v) is 13.6. The predicted octanol–water partition coefficient (Wildman–Crippen LogP) is -0.155. The lowest BCUT2D eigenvalue weighted by Crippen LogP contribution is -2.47. The Balaban J connectivity index is 1.33. The molecular formula is C15H20N6O3. The zero-order valence-electron chi connectivity index (χ0n) is 13.6. The number of aryl methyl sites for hydroxylation is 1. The third-order valence-electron chi connectivity index (χ3n) is 4.77. The molecule has 4 rings (SSSR count). The van der Waals surface area contributed by atoms with Crippen molar-refractivity contribution < 1.29 is 14.4 Å². The number of amides is 2. The molecule has 0 unspecified atom stereocenters. The van der Waals surface area contributed by atoms with Crippen LogP contribution in [0.2, 0.25) is 0 Å². The average Bonchev–Trinajstić information content (AvgIpc) is 3.13. The molecule has 2 amide bonds. The Kier molecular flexibility index (Phi) is 3.50. The minimum atomic E-state index is -0.454. The highest BCUT2D eigenvalue weighted by molar-refractivity contribution is 6.39. The number of hydrogen-bond acceptors (Lipinski definition) is 6. The fraction of sp³-hybridized carbons (Fsp3) is 0.667. The van der Waals surface area contributed by atoms with Crippen LogP contribution in [0.5, 0.6) is 0 Å². The first-order valence-electron chi connectivity index (χ1n) is 8.25. The molecule has 3 aliphatic rings. The van der Waals surface area contributed by atoms with Crippen molar-refractivity contribution in [3.05, 3.63) is 12.2 Å². The number of nitrogens with zero attached hydrogens (tertiary/aromatic N) is 5. The molecule has 0 aromatic carbocycles. The molecule has 9 heteroatoms. The van der Waals surface area contributed by atoms with Crippen LogP contribution in [0.1, 0.15) is 42.7 Å². The molecule has 1 aliphatic carbocycles. The number of hydrogen-bond donors (Lipinski definition) is 1. The molecule has 1 aromatic rings. The SMILES string of the molecule is Cn1cnc(C(=O)N2CCC3(CC2)CC(C(=O)NC2CC2)=NO3)n1. The fourth-order valence-corrected chi connectivity index (χ4v) is 3.10. The van der Waals surface area contributed by atoms with E-state index in [1.54, 1.807) is 11.9 Å². The van der Waals surface area contributed by atoms with Crippen LogP contribution in [0.15, 0.2) is 11.5 Å². The van der Waals surface area contributed by atoms with Crippen LogP contribution in [0.3, 0.4) is 0 Å². The minimum Gasteiger partial charge on any atom is -0.388 e. The number of oxime groups is 1. The predicted molar refractivity (Wildman–Crippen MR) is 83.2 cm³/mol. The first-order valence-corrected chi connectivity index (χ1v) is 8.25. The van der Waals surface area contributed by atoms with Gasteiger partial charge in [0, 0.05) is 45.4 Å². The summed E-state index contributed by atoms with van der Waals surface area (Å²) in [6.07, 6.45) is 5.41. The highest BCUT2D eigenvalue weighted by atomic mass is 16.7. The molecule has 0 bridgehead atoms. The van der Waals surface area contributed by atoms with E-state index in [9.17, 15) is 9.59 Å². The Morgan fingerprint density at radius 1 is 1.33 bits per heavy atom. The van der Waals surface area contributed by atoms with Crippen LogP contribution in [-0.2, 0) is 16.7 Å². The lowest BCUT2D eigenvalue weighted by atomic mass is 9.86. The summed E-state index contributed by atoms with van der Waals surface area (Å²) in [6.45, 7) is 1.09. The number of piperidine rings is 1. The monoisotopic (exact) mass is 332 g/mol. The Bertz CT molecular complexity index is 700. The summed E-state index contributed by atoms with van der Waals surface area (Å²) in [5.74, 6) is -0.0804. The number of carbonyl (C=O) groups is 2. The summed E-state index contributed by atoms with van der Waals surface area (Å²) in [5, 5.41) is 11.0. The highest BCUT2D eigenvalue weighted by Crippen LogP contribution is 2.35. The van der Waals surface area contributed by atoms with Crippen molar-refractivity contribution in [2.24, 2.45) is 12.2 Å². The van der Waals surface area contributed by atoms with Gasteiger partial charge in [-0.25, -0.2) is 4.98 Å². The van der Waals surface area contributed by atoms with E-state index in [1.165, 1.54) is 11.0 Å². The summed E-state index contributed by atoms with van der Waals surface area (Å²) < 4.78 is 1.51. The second kappa shape index (κ2) is 5.57. The third-order valence-corrected chi connectivity index (χ3v) is 4.77. The second-order valence-corrected chi connectivity index (χ2v) is 6.77. The number of likely N-dealkylation sites (tertiary alicyclic amines) is 1. The molecule has 24 heavy (non-hydrogen) atoms. The van der Waals surface area contributed by atoms with Gasteiger partial charge in [0.2, 0.25) is 5.82 Å². The smallest absolute Gasteiger partial charge is 0.293 e. The van der Waals surface area contributed by atoms with Gasteiger partial charge in [0.25, 0.3) is 11.8 Å². The minimum absolute atomic E-state index is 0.120. The molecule has 1 saturated heterocycles. The van der Waals surface area contributed by atoms with E-state index in [0.717, 1.165) is 12.8 Å². The molecule has 1 aromatic heterocycles. The average molecular weight is 332 g/mol. The van der Waals surface area contributed by atoms with Crippen molar-refractivity contribution >= 4 is 17.5 Å². The molecule has 9 nitrogen and oxygen atoms in total. The summed E-state index contributed by atoms with van der Waals surface area (Å²) in [6, 6.07) is 0.307. The van der Waals surface area contributed by atoms with E-state index in [4.69, 9.17) is 4.84 Å². The van der Waals surface area contributed by atoms with Crippen LogP contribution in [0, 0.1) is 0 Å². The summed E-state index contributed by atoms with van der Waals surface area (Å²) in [4.78, 5) is 35.8. The van der Waals surface area contributed by atoms with Crippen LogP contribution in [0.4, 0.5) is 0 Å². The molecule has 1 spiro atoms. The second-order valence-electron chi connectivity index (χ2n) is 6.77. The van der Waals surface area contributed by atoms with Crippen LogP contribution in [-0.4, -0.2) is 61.9 Å². The van der Waals surface area contributed by atoms with E-state index < -0.39 is 5.60 Å². The van der Waals surface area contributed by atoms with Crippen molar-refractivity contribution in [1.29, 1.82) is 0 Å². The Morgan fingerprint density at radius 2 is 2.08 bits per heavy atom. The van der Waals surface area contributed by atoms with Crippen LogP contribution < -0.4 is 5.32 Å². The molecule has 3 heterocycles. The van der Waals surface area contributed by atoms with Crippen molar-refractivity contribution in [1.82, 2.24) is 25.0 Å². The lowest BCUT2D eigenvalue weighted by Gasteiger charge is -2.36. The van der Waals surface area contributed by atoms with E-state index >= 15 is 0 Å². The van der Waals surface area contributed by atoms with Crippen molar-refractivity contribution in [2.75, 3.05) is 13.1 Å². The Hall–Kier alpha value is -2.45. The van der Waals surface area contributed by atoms with E-state index in [1.807, 2.05) is 0 Å². The maximum atomic E-state index is 12.4. The maximum absolute atomic E-state index is 12.4. The van der Waals surface area contributed by atoms with Gasteiger partial charge in [0.05, 0.1) is 0 Å². The standard InChI is InChI=1S/C15H20N6O3/c1-20-9-16-12(18-20)14(23)21-6-4-15(5-7-21)8-11(19-24-15)13(22)17-10-2-3-10/h9-10H,2-8H2,1H3,(H,17,22). The van der Waals surface area contributed by atoms with E-state index in [-0.39, 0.29) is 17.6 Å². The molecule has 1 saturated carbocycles. The van der Waals surface area contributed by atoms with E-state index in [2.05, 4.69) is 20.6 Å². The number of nitrogens with one attached hydrogen (secondary N) is 1. The third kappa shape index (κ3) is 2.85. The van der Waals surface area contributed by atoms with Crippen molar-refractivity contribution in [3.63, 3.8) is 0 Å². The quantitative estimate of drug-likeness (QED) is 0.829. The van der Waals surface area contributed by atoms with Gasteiger partial charge in [0.1, 0.15) is 17.6 Å². The summed E-state index contributed by atoms with van der Waals surface area (Å²) in [7, 11) is 1.73. The van der Waals surface area contributed by atoms with Gasteiger partial charge in [-0.1, -0.05) is 5.16 Å². The normalized spacial score (nSPS) is 22.2. The lowest BCUT2D eigenvalue weighted by molar-refractivity contribution is -0.115. The number of carbonyl (C=O) groups excluding carboxylic acids is 2. The Labute approximate surface area is 139 Å². The van der Waals surface area contributed by atoms with Gasteiger partial charge in [-0.3, -0.25) is 14.3 Å². The maximum Gasteiger partial charge on any atom is 0.293 e. The van der Waals surface area contributed by atoms with Gasteiger partial charge >= 0.3 is 0 Å². The topological polar surface area (TPSA) is 102 Å². The fourth-order valence-electron chi connectivity index (χ4n) is 3.10. The van der Waals surface area contributed by atoms with Crippen LogP contribution in [0.25, 0.3) is 0 Å². The summed E-state index contributed by atoms with van der Waals surface area (Å²) in [5.41, 5.74) is 0.0120. The molecule has 0 atom stereocenters. The first-order chi connectivity index (χ1) is 11.5.